The average molecular weight is 305 g/mol. The second-order valence-electron chi connectivity index (χ2n) is 4.40. The predicted octanol–water partition coefficient (Wildman–Crippen LogP) is 2.96. The van der Waals surface area contributed by atoms with Crippen LogP contribution in [0.3, 0.4) is 0 Å². The van der Waals surface area contributed by atoms with E-state index in [1.165, 1.54) is 6.26 Å². The Kier molecular flexibility index (Phi) is 3.53. The maximum atomic E-state index is 11.4. The number of hydrogen-bond donors (Lipinski definition) is 1. The molecule has 1 atom stereocenters. The van der Waals surface area contributed by atoms with Crippen LogP contribution >= 0.6 is 23.8 Å². The van der Waals surface area contributed by atoms with Crippen LogP contribution in [0, 0.1) is 4.77 Å². The Morgan fingerprint density at radius 1 is 1.50 bits per heavy atom. The van der Waals surface area contributed by atoms with Gasteiger partial charge in [0.15, 0.2) is 4.77 Å². The maximum Gasteiger partial charge on any atom is 0.178 e. The molecule has 98 valence electrons. The summed E-state index contributed by atoms with van der Waals surface area (Å²) in [6.07, 6.45) is 1.22. The van der Waals surface area contributed by atoms with E-state index in [4.69, 9.17) is 23.8 Å². The smallest absolute Gasteiger partial charge is 0.178 e. The Morgan fingerprint density at radius 2 is 2.17 bits per heavy atom. The molecule has 1 aromatic carbocycles. The molecule has 2 aromatic rings. The van der Waals surface area contributed by atoms with Crippen molar-refractivity contribution in [1.82, 2.24) is 9.55 Å². The molecule has 2 rings (SSSR count). The molecule has 0 amide bonds. The van der Waals surface area contributed by atoms with E-state index in [9.17, 15) is 8.42 Å². The average Bonchev–Trinajstić information content (AvgIpc) is 2.50. The molecule has 1 aromatic heterocycles. The Labute approximate surface area is 115 Å². The number of nitrogens with one attached hydrogen (secondary N) is 1. The van der Waals surface area contributed by atoms with Crippen molar-refractivity contribution < 1.29 is 8.42 Å². The minimum absolute atomic E-state index is 0.0525. The van der Waals surface area contributed by atoms with Gasteiger partial charge in [-0.15, -0.1) is 0 Å². The Morgan fingerprint density at radius 3 is 2.78 bits per heavy atom. The summed E-state index contributed by atoms with van der Waals surface area (Å²) in [5, 5.41) is 0.613. The standard InChI is InChI=1S/C11H13ClN2O2S2/c1-7(6-18(2,15)16)14-10-4-3-8(12)5-9(10)13-11(14)17/h3-5,7H,6H2,1-2H3,(H,13,17). The molecule has 0 bridgehead atoms. The molecule has 0 aliphatic carbocycles. The van der Waals surface area contributed by atoms with Gasteiger partial charge in [0, 0.05) is 17.3 Å². The lowest BCUT2D eigenvalue weighted by Gasteiger charge is -2.13. The van der Waals surface area contributed by atoms with Crippen LogP contribution < -0.4 is 0 Å². The van der Waals surface area contributed by atoms with Gasteiger partial charge < -0.3 is 9.55 Å². The van der Waals surface area contributed by atoms with Gasteiger partial charge in [-0.1, -0.05) is 11.6 Å². The van der Waals surface area contributed by atoms with Crippen LogP contribution in [0.5, 0.6) is 0 Å². The normalized spacial score (nSPS) is 13.9. The van der Waals surface area contributed by atoms with Crippen molar-refractivity contribution in [1.29, 1.82) is 0 Å². The van der Waals surface area contributed by atoms with Crippen molar-refractivity contribution >= 4 is 44.7 Å². The number of aromatic nitrogens is 2. The van der Waals surface area contributed by atoms with Gasteiger partial charge in [-0.05, 0) is 37.3 Å². The van der Waals surface area contributed by atoms with E-state index in [0.717, 1.165) is 11.0 Å². The molecule has 0 aliphatic rings. The zero-order valence-electron chi connectivity index (χ0n) is 9.97. The van der Waals surface area contributed by atoms with Gasteiger partial charge in [-0.2, -0.15) is 0 Å². The first-order valence-electron chi connectivity index (χ1n) is 5.35. The van der Waals surface area contributed by atoms with E-state index >= 15 is 0 Å². The van der Waals surface area contributed by atoms with Crippen LogP contribution in [0.25, 0.3) is 11.0 Å². The summed E-state index contributed by atoms with van der Waals surface area (Å²) >= 11 is 11.1. The fraction of sp³-hybridized carbons (Fsp3) is 0.364. The summed E-state index contributed by atoms with van der Waals surface area (Å²) in [6, 6.07) is 5.15. The number of aromatic amines is 1. The first kappa shape index (κ1) is 13.6. The summed E-state index contributed by atoms with van der Waals surface area (Å²) in [4.78, 5) is 3.03. The van der Waals surface area contributed by atoms with Gasteiger partial charge in [0.05, 0.1) is 16.8 Å². The Balaban J connectivity index is 2.57. The van der Waals surface area contributed by atoms with Crippen LogP contribution in [0.1, 0.15) is 13.0 Å². The van der Waals surface area contributed by atoms with Crippen LogP contribution in [0.4, 0.5) is 0 Å². The largest absolute Gasteiger partial charge is 0.331 e. The third-order valence-corrected chi connectivity index (χ3v) is 4.29. The minimum atomic E-state index is -3.05. The van der Waals surface area contributed by atoms with Gasteiger partial charge in [-0.25, -0.2) is 8.42 Å². The molecule has 0 saturated carbocycles. The van der Waals surface area contributed by atoms with Crippen molar-refractivity contribution in [3.8, 4) is 0 Å². The van der Waals surface area contributed by atoms with Gasteiger partial charge in [-0.3, -0.25) is 0 Å². The van der Waals surface area contributed by atoms with Gasteiger partial charge >= 0.3 is 0 Å². The molecule has 1 N–H and O–H groups in total. The lowest BCUT2D eigenvalue weighted by atomic mass is 10.3. The first-order chi connectivity index (χ1) is 8.28. The van der Waals surface area contributed by atoms with E-state index in [1.807, 2.05) is 17.6 Å². The molecular weight excluding hydrogens is 292 g/mol. The molecule has 4 nitrogen and oxygen atoms in total. The molecular formula is C11H13ClN2O2S2. The molecule has 1 unspecified atom stereocenters. The number of hydrogen-bond acceptors (Lipinski definition) is 3. The SMILES string of the molecule is CC(CS(C)(=O)=O)n1c(=S)[nH]c2cc(Cl)ccc21. The van der Waals surface area contributed by atoms with Crippen LogP contribution in [0.15, 0.2) is 18.2 Å². The zero-order valence-corrected chi connectivity index (χ0v) is 12.4. The molecule has 18 heavy (non-hydrogen) atoms. The summed E-state index contributed by atoms with van der Waals surface area (Å²) < 4.78 is 25.0. The summed E-state index contributed by atoms with van der Waals surface area (Å²) in [7, 11) is -3.05. The lowest BCUT2D eigenvalue weighted by molar-refractivity contribution is 0.566. The Bertz CT molecular complexity index is 746. The van der Waals surface area contributed by atoms with Crippen molar-refractivity contribution in [2.45, 2.75) is 13.0 Å². The van der Waals surface area contributed by atoms with Crippen molar-refractivity contribution in [3.63, 3.8) is 0 Å². The lowest BCUT2D eigenvalue weighted by Crippen LogP contribution is -2.16. The third-order valence-electron chi connectivity index (χ3n) is 2.66. The Hall–Kier alpha value is -0.850. The van der Waals surface area contributed by atoms with Crippen molar-refractivity contribution in [3.05, 3.63) is 28.0 Å². The van der Waals surface area contributed by atoms with Gasteiger partial charge in [0.1, 0.15) is 9.84 Å². The highest BCUT2D eigenvalue weighted by molar-refractivity contribution is 7.90. The van der Waals surface area contributed by atoms with E-state index in [-0.39, 0.29) is 11.8 Å². The molecule has 0 fully saturated rings. The van der Waals surface area contributed by atoms with Crippen molar-refractivity contribution in [2.75, 3.05) is 12.0 Å². The number of halogens is 1. The minimum Gasteiger partial charge on any atom is -0.331 e. The summed E-state index contributed by atoms with van der Waals surface area (Å²) in [6.45, 7) is 1.83. The van der Waals surface area contributed by atoms with Gasteiger partial charge in [0.2, 0.25) is 0 Å². The van der Waals surface area contributed by atoms with Crippen LogP contribution in [-0.4, -0.2) is 30.0 Å². The second-order valence-corrected chi connectivity index (χ2v) is 7.41. The fourth-order valence-corrected chi connectivity index (χ4v) is 3.64. The quantitative estimate of drug-likeness (QED) is 0.887. The summed E-state index contributed by atoms with van der Waals surface area (Å²) in [5.41, 5.74) is 1.67. The highest BCUT2D eigenvalue weighted by atomic mass is 35.5. The van der Waals surface area contributed by atoms with Crippen LogP contribution in [0.2, 0.25) is 5.02 Å². The monoisotopic (exact) mass is 304 g/mol. The molecule has 0 saturated heterocycles. The van der Waals surface area contributed by atoms with Crippen molar-refractivity contribution in [2.24, 2.45) is 0 Å². The van der Waals surface area contributed by atoms with E-state index in [0.29, 0.717) is 9.79 Å². The van der Waals surface area contributed by atoms with E-state index < -0.39 is 9.84 Å². The number of H-pyrrole nitrogens is 1. The topological polar surface area (TPSA) is 54.9 Å². The second kappa shape index (κ2) is 4.68. The molecule has 0 radical (unpaired) electrons. The zero-order chi connectivity index (χ0) is 13.5. The number of nitrogens with zero attached hydrogens (tertiary/aromatic N) is 1. The van der Waals surface area contributed by atoms with Gasteiger partial charge in [0.25, 0.3) is 0 Å². The number of rotatable bonds is 3. The van der Waals surface area contributed by atoms with E-state index in [1.54, 1.807) is 12.1 Å². The highest BCUT2D eigenvalue weighted by Gasteiger charge is 2.16. The predicted molar refractivity (Wildman–Crippen MR) is 76.6 cm³/mol. The van der Waals surface area contributed by atoms with Crippen LogP contribution in [-0.2, 0) is 9.84 Å². The summed E-state index contributed by atoms with van der Waals surface area (Å²) in [5.74, 6) is 0.0525. The highest BCUT2D eigenvalue weighted by Crippen LogP contribution is 2.23. The number of benzene rings is 1. The maximum absolute atomic E-state index is 11.4. The number of sulfone groups is 1. The molecule has 0 spiro atoms. The number of fused-ring (bicyclic) bond motifs is 1. The van der Waals surface area contributed by atoms with E-state index in [2.05, 4.69) is 4.98 Å². The fourth-order valence-electron chi connectivity index (χ4n) is 2.05. The molecule has 0 aliphatic heterocycles. The first-order valence-corrected chi connectivity index (χ1v) is 8.20. The number of imidazole rings is 1. The third kappa shape index (κ3) is 2.76. The molecule has 1 heterocycles. The molecule has 7 heteroatoms.